The Bertz CT molecular complexity index is 951. The number of hydrogen-bond acceptors (Lipinski definition) is 6. The van der Waals surface area contributed by atoms with Crippen molar-refractivity contribution in [3.8, 4) is 5.82 Å². The van der Waals surface area contributed by atoms with Crippen LogP contribution in [0.25, 0.3) is 5.82 Å². The number of rotatable bonds is 7. The molecule has 0 bridgehead atoms. The molecule has 3 aromatic rings. The minimum Gasteiger partial charge on any atom is -0.295 e. The van der Waals surface area contributed by atoms with Crippen LogP contribution in [-0.2, 0) is 6.42 Å². The van der Waals surface area contributed by atoms with Crippen molar-refractivity contribution < 1.29 is 4.79 Å². The number of aromatic nitrogens is 5. The van der Waals surface area contributed by atoms with Gasteiger partial charge >= 0.3 is 0 Å². The number of nitrogens with zero attached hydrogens (tertiary/aromatic N) is 5. The van der Waals surface area contributed by atoms with Crippen molar-refractivity contribution in [2.45, 2.75) is 46.5 Å². The van der Waals surface area contributed by atoms with Gasteiger partial charge in [-0.3, -0.25) is 10.1 Å². The first-order valence-corrected chi connectivity index (χ1v) is 10.0. The topological polar surface area (TPSA) is 85.6 Å². The Morgan fingerprint density at radius 2 is 2.07 bits per heavy atom. The maximum absolute atomic E-state index is 12.6. The molecule has 0 aliphatic rings. The number of hydrogen-bond donors (Lipinski definition) is 1. The second kappa shape index (κ2) is 8.58. The second-order valence-electron chi connectivity index (χ2n) is 6.25. The summed E-state index contributed by atoms with van der Waals surface area (Å²) in [6.45, 7) is 5.99. The van der Waals surface area contributed by atoms with Crippen molar-refractivity contribution in [3.63, 3.8) is 0 Å². The monoisotopic (exact) mass is 404 g/mol. The first-order chi connectivity index (χ1) is 13.0. The molecule has 9 heteroatoms. The fourth-order valence-electron chi connectivity index (χ4n) is 2.66. The third-order valence-electron chi connectivity index (χ3n) is 3.95. The van der Waals surface area contributed by atoms with Gasteiger partial charge in [0, 0.05) is 12.1 Å². The Morgan fingerprint density at radius 3 is 2.78 bits per heavy atom. The first-order valence-electron chi connectivity index (χ1n) is 8.82. The molecular weight excluding hydrogens is 384 g/mol. The lowest BCUT2D eigenvalue weighted by atomic mass is 10.2. The van der Waals surface area contributed by atoms with Gasteiger partial charge in [0.15, 0.2) is 5.82 Å². The van der Waals surface area contributed by atoms with Crippen LogP contribution in [0.4, 0.5) is 5.13 Å². The Kier molecular flexibility index (Phi) is 6.18. The number of halogens is 1. The van der Waals surface area contributed by atoms with E-state index in [2.05, 4.69) is 32.5 Å². The summed E-state index contributed by atoms with van der Waals surface area (Å²) in [7, 11) is 0. The van der Waals surface area contributed by atoms with Gasteiger partial charge in [0.2, 0.25) is 5.13 Å². The van der Waals surface area contributed by atoms with E-state index in [9.17, 15) is 4.79 Å². The van der Waals surface area contributed by atoms with E-state index >= 15 is 0 Å². The van der Waals surface area contributed by atoms with E-state index in [1.165, 1.54) is 11.3 Å². The van der Waals surface area contributed by atoms with Gasteiger partial charge in [0.25, 0.3) is 5.91 Å². The summed E-state index contributed by atoms with van der Waals surface area (Å²) in [4.78, 5) is 17.0. The second-order valence-corrected chi connectivity index (χ2v) is 7.72. The average Bonchev–Trinajstić information content (AvgIpc) is 3.21. The van der Waals surface area contributed by atoms with Gasteiger partial charge in [-0.15, -0.1) is 10.2 Å². The number of nitrogens with one attached hydrogen (secondary N) is 1. The molecule has 0 spiro atoms. The van der Waals surface area contributed by atoms with Crippen LogP contribution in [0.1, 0.15) is 53.1 Å². The number of aryl methyl sites for hydroxylation is 3. The summed E-state index contributed by atoms with van der Waals surface area (Å²) in [5, 5.41) is 16.9. The van der Waals surface area contributed by atoms with Crippen molar-refractivity contribution in [3.05, 3.63) is 45.3 Å². The summed E-state index contributed by atoms with van der Waals surface area (Å²) in [5.74, 6) is 0.118. The smallest absolute Gasteiger partial charge is 0.277 e. The highest BCUT2D eigenvalue weighted by atomic mass is 35.5. The summed E-state index contributed by atoms with van der Waals surface area (Å²) in [5.41, 5.74) is 1.93. The molecule has 1 amide bonds. The van der Waals surface area contributed by atoms with Crippen LogP contribution in [0, 0.1) is 13.8 Å². The van der Waals surface area contributed by atoms with Gasteiger partial charge in [0.05, 0.1) is 10.7 Å². The molecule has 142 valence electrons. The van der Waals surface area contributed by atoms with Crippen LogP contribution in [0.15, 0.2) is 18.2 Å². The molecule has 0 fully saturated rings. The van der Waals surface area contributed by atoms with Crippen LogP contribution in [-0.4, -0.2) is 30.9 Å². The fraction of sp³-hybridized carbons (Fsp3) is 0.389. The van der Waals surface area contributed by atoms with Crippen LogP contribution in [0.2, 0.25) is 5.02 Å². The SMILES string of the molecule is CCCCCc1nnc(NC(=O)c2nc(-n3nc(C)cc3C)ccc2Cl)s1. The van der Waals surface area contributed by atoms with Gasteiger partial charge in [-0.2, -0.15) is 5.10 Å². The molecule has 27 heavy (non-hydrogen) atoms. The summed E-state index contributed by atoms with van der Waals surface area (Å²) in [6, 6.07) is 5.32. The lowest BCUT2D eigenvalue weighted by molar-refractivity contribution is 0.102. The van der Waals surface area contributed by atoms with Crippen molar-refractivity contribution in [1.82, 2.24) is 25.0 Å². The van der Waals surface area contributed by atoms with E-state index < -0.39 is 5.91 Å². The molecule has 0 atom stereocenters. The number of unbranched alkanes of at least 4 members (excludes halogenated alkanes) is 2. The molecule has 3 heterocycles. The number of anilines is 1. The highest BCUT2D eigenvalue weighted by Gasteiger charge is 2.17. The Hall–Kier alpha value is -2.32. The van der Waals surface area contributed by atoms with E-state index in [0.717, 1.165) is 42.1 Å². The Morgan fingerprint density at radius 1 is 1.26 bits per heavy atom. The van der Waals surface area contributed by atoms with Crippen LogP contribution < -0.4 is 5.32 Å². The molecule has 7 nitrogen and oxygen atoms in total. The largest absolute Gasteiger partial charge is 0.295 e. The lowest BCUT2D eigenvalue weighted by Gasteiger charge is -2.07. The molecule has 0 aromatic carbocycles. The normalized spacial score (nSPS) is 11.0. The maximum Gasteiger partial charge on any atom is 0.277 e. The minimum absolute atomic E-state index is 0.129. The zero-order chi connectivity index (χ0) is 19.4. The van der Waals surface area contributed by atoms with Crippen molar-refractivity contribution in [1.29, 1.82) is 0 Å². The molecule has 0 unspecified atom stereocenters. The number of carbonyl (C=O) groups is 1. The van der Waals surface area contributed by atoms with E-state index in [0.29, 0.717) is 10.9 Å². The van der Waals surface area contributed by atoms with Gasteiger partial charge in [-0.05, 0) is 38.5 Å². The van der Waals surface area contributed by atoms with E-state index in [-0.39, 0.29) is 10.7 Å². The average molecular weight is 405 g/mol. The predicted octanol–water partition coefficient (Wildman–Crippen LogP) is 4.37. The number of amides is 1. The molecule has 0 aliphatic carbocycles. The molecule has 3 aromatic heterocycles. The highest BCUT2D eigenvalue weighted by Crippen LogP contribution is 2.21. The van der Waals surface area contributed by atoms with Gasteiger partial charge < -0.3 is 0 Å². The quantitative estimate of drug-likeness (QED) is 0.591. The van der Waals surface area contributed by atoms with Crippen molar-refractivity contribution in [2.24, 2.45) is 0 Å². The van der Waals surface area contributed by atoms with Crippen LogP contribution in [0.3, 0.4) is 0 Å². The Balaban J connectivity index is 1.76. The van der Waals surface area contributed by atoms with Crippen molar-refractivity contribution in [2.75, 3.05) is 5.32 Å². The minimum atomic E-state index is -0.417. The van der Waals surface area contributed by atoms with Gasteiger partial charge in [-0.1, -0.05) is 42.7 Å². The van der Waals surface area contributed by atoms with Crippen LogP contribution >= 0.6 is 22.9 Å². The van der Waals surface area contributed by atoms with Gasteiger partial charge in [-0.25, -0.2) is 9.67 Å². The summed E-state index contributed by atoms with van der Waals surface area (Å²) >= 11 is 7.57. The Labute approximate surface area is 166 Å². The number of carbonyl (C=O) groups excluding carboxylic acids is 1. The zero-order valence-corrected chi connectivity index (χ0v) is 17.1. The van der Waals surface area contributed by atoms with E-state index in [1.54, 1.807) is 16.8 Å². The summed E-state index contributed by atoms with van der Waals surface area (Å²) in [6.07, 6.45) is 4.24. The molecule has 0 radical (unpaired) electrons. The number of pyridine rings is 1. The highest BCUT2D eigenvalue weighted by molar-refractivity contribution is 7.15. The third kappa shape index (κ3) is 4.70. The predicted molar refractivity (Wildman–Crippen MR) is 107 cm³/mol. The maximum atomic E-state index is 12.6. The molecule has 1 N–H and O–H groups in total. The van der Waals surface area contributed by atoms with E-state index in [1.807, 2.05) is 19.9 Å². The molecule has 3 rings (SSSR count). The van der Waals surface area contributed by atoms with Crippen molar-refractivity contribution >= 4 is 34.0 Å². The van der Waals surface area contributed by atoms with E-state index in [4.69, 9.17) is 11.6 Å². The molecule has 0 aliphatic heterocycles. The fourth-order valence-corrected chi connectivity index (χ4v) is 3.63. The van der Waals surface area contributed by atoms with Gasteiger partial charge in [0.1, 0.15) is 10.7 Å². The third-order valence-corrected chi connectivity index (χ3v) is 5.16. The molecular formula is C18H21ClN6OS. The summed E-state index contributed by atoms with van der Waals surface area (Å²) < 4.78 is 1.68. The lowest BCUT2D eigenvalue weighted by Crippen LogP contribution is -2.16. The standard InChI is InChI=1S/C18H21ClN6OS/c1-4-5-6-7-15-22-23-18(27-15)21-17(26)16-13(19)8-9-14(20-16)25-12(3)10-11(2)24-25/h8-10H,4-7H2,1-3H3,(H,21,23,26). The zero-order valence-electron chi connectivity index (χ0n) is 15.5. The first kappa shape index (κ1) is 19.4. The molecule has 0 saturated carbocycles. The molecule has 0 saturated heterocycles. The van der Waals surface area contributed by atoms with Crippen LogP contribution in [0.5, 0.6) is 0 Å².